The summed E-state index contributed by atoms with van der Waals surface area (Å²) in [5.74, 6) is 0.947. The van der Waals surface area contributed by atoms with E-state index in [0.29, 0.717) is 0 Å². The number of hydrogen-bond acceptors (Lipinski definition) is 3. The summed E-state index contributed by atoms with van der Waals surface area (Å²) in [7, 11) is 0. The molecule has 0 aliphatic rings. The molecular weight excluding hydrogens is 254 g/mol. The predicted octanol–water partition coefficient (Wildman–Crippen LogP) is 4.39. The Hall–Kier alpha value is -0.770. The van der Waals surface area contributed by atoms with Crippen LogP contribution in [0.5, 0.6) is 0 Å². The molecule has 2 nitrogen and oxygen atoms in total. The van der Waals surface area contributed by atoms with Gasteiger partial charge < -0.3 is 9.73 Å². The van der Waals surface area contributed by atoms with Crippen LogP contribution in [0.1, 0.15) is 35.6 Å². The largest absolute Gasteiger partial charge is 0.469 e. The van der Waals surface area contributed by atoms with Crippen molar-refractivity contribution in [1.29, 1.82) is 0 Å². The van der Waals surface area contributed by atoms with E-state index in [1.807, 2.05) is 24.4 Å². The maximum Gasteiger partial charge on any atom is 0.105 e. The van der Waals surface area contributed by atoms with Gasteiger partial charge in [-0.1, -0.05) is 18.5 Å². The highest BCUT2D eigenvalue weighted by Gasteiger charge is 2.20. The third-order valence-electron chi connectivity index (χ3n) is 2.72. The van der Waals surface area contributed by atoms with Gasteiger partial charge in [-0.2, -0.15) is 0 Å². The van der Waals surface area contributed by atoms with Gasteiger partial charge in [0.2, 0.25) is 0 Å². The molecular formula is C13H16ClNOS. The molecule has 17 heavy (non-hydrogen) atoms. The van der Waals surface area contributed by atoms with Crippen molar-refractivity contribution in [1.82, 2.24) is 5.32 Å². The van der Waals surface area contributed by atoms with Crippen LogP contribution in [-0.2, 0) is 0 Å². The molecule has 0 aliphatic carbocycles. The van der Waals surface area contributed by atoms with Crippen LogP contribution in [0.4, 0.5) is 0 Å². The first-order valence-corrected chi connectivity index (χ1v) is 7.00. The lowest BCUT2D eigenvalue weighted by Gasteiger charge is -2.17. The second-order valence-corrected chi connectivity index (χ2v) is 5.31. The Kier molecular flexibility index (Phi) is 4.26. The number of hydrogen-bond donors (Lipinski definition) is 1. The van der Waals surface area contributed by atoms with Gasteiger partial charge in [-0.05, 0) is 37.4 Å². The van der Waals surface area contributed by atoms with Crippen molar-refractivity contribution in [2.24, 2.45) is 0 Å². The van der Waals surface area contributed by atoms with Crippen LogP contribution in [-0.4, -0.2) is 6.54 Å². The highest BCUT2D eigenvalue weighted by Crippen LogP contribution is 2.34. The van der Waals surface area contributed by atoms with Crippen molar-refractivity contribution in [3.8, 4) is 0 Å². The van der Waals surface area contributed by atoms with Gasteiger partial charge >= 0.3 is 0 Å². The van der Waals surface area contributed by atoms with Gasteiger partial charge in [0.1, 0.15) is 5.76 Å². The summed E-state index contributed by atoms with van der Waals surface area (Å²) in [5, 5.41) is 6.37. The molecule has 1 unspecified atom stereocenters. The first-order valence-electron chi connectivity index (χ1n) is 5.74. The Morgan fingerprint density at radius 3 is 2.82 bits per heavy atom. The summed E-state index contributed by atoms with van der Waals surface area (Å²) >= 11 is 7.90. The number of aryl methyl sites for hydroxylation is 1. The molecule has 2 aromatic rings. The maximum absolute atomic E-state index is 6.22. The number of furan rings is 1. The van der Waals surface area contributed by atoms with Gasteiger partial charge in [0.25, 0.3) is 0 Å². The minimum atomic E-state index is 0.140. The van der Waals surface area contributed by atoms with E-state index in [-0.39, 0.29) is 6.04 Å². The zero-order valence-electron chi connectivity index (χ0n) is 10.00. The van der Waals surface area contributed by atoms with Crippen molar-refractivity contribution in [2.45, 2.75) is 26.3 Å². The average molecular weight is 270 g/mol. The molecule has 2 rings (SSSR count). The normalized spacial score (nSPS) is 12.9. The van der Waals surface area contributed by atoms with Gasteiger partial charge in [-0.15, -0.1) is 11.3 Å². The lowest BCUT2D eigenvalue weighted by molar-refractivity contribution is 0.518. The molecule has 0 bridgehead atoms. The van der Waals surface area contributed by atoms with Gasteiger partial charge in [0.15, 0.2) is 0 Å². The van der Waals surface area contributed by atoms with Crippen molar-refractivity contribution in [2.75, 3.05) is 6.54 Å². The van der Waals surface area contributed by atoms with E-state index >= 15 is 0 Å². The van der Waals surface area contributed by atoms with Crippen LogP contribution in [0.25, 0.3) is 0 Å². The second-order valence-electron chi connectivity index (χ2n) is 3.95. The molecule has 0 fully saturated rings. The molecule has 0 amide bonds. The van der Waals surface area contributed by atoms with Crippen molar-refractivity contribution in [3.63, 3.8) is 0 Å². The third kappa shape index (κ3) is 2.73. The molecule has 4 heteroatoms. The highest BCUT2D eigenvalue weighted by molar-refractivity contribution is 7.10. The molecule has 0 saturated heterocycles. The fourth-order valence-electron chi connectivity index (χ4n) is 1.84. The number of rotatable bonds is 5. The summed E-state index contributed by atoms with van der Waals surface area (Å²) in [5.41, 5.74) is 1.17. The Morgan fingerprint density at radius 1 is 1.47 bits per heavy atom. The third-order valence-corrected chi connectivity index (χ3v) is 4.14. The van der Waals surface area contributed by atoms with Gasteiger partial charge in [0, 0.05) is 10.4 Å². The van der Waals surface area contributed by atoms with Crippen molar-refractivity contribution < 1.29 is 4.42 Å². The summed E-state index contributed by atoms with van der Waals surface area (Å²) < 4.78 is 5.38. The van der Waals surface area contributed by atoms with E-state index in [1.165, 1.54) is 5.56 Å². The van der Waals surface area contributed by atoms with Crippen LogP contribution >= 0.6 is 22.9 Å². The molecule has 1 atom stereocenters. The lowest BCUT2D eigenvalue weighted by Crippen LogP contribution is -2.22. The minimum absolute atomic E-state index is 0.140. The van der Waals surface area contributed by atoms with Gasteiger partial charge in [-0.25, -0.2) is 0 Å². The number of nitrogens with one attached hydrogen (secondary N) is 1. The molecule has 0 saturated carbocycles. The Morgan fingerprint density at radius 2 is 2.29 bits per heavy atom. The standard InChI is InChI=1S/C13H16ClNOS/c1-3-6-15-12(10-4-7-16-9(10)2)13-11(14)5-8-17-13/h4-5,7-8,12,15H,3,6H2,1-2H3. The molecule has 92 valence electrons. The van der Waals surface area contributed by atoms with E-state index in [1.54, 1.807) is 17.6 Å². The molecule has 0 spiro atoms. The molecule has 1 N–H and O–H groups in total. The monoisotopic (exact) mass is 269 g/mol. The van der Waals surface area contributed by atoms with Crippen LogP contribution in [0.2, 0.25) is 5.02 Å². The molecule has 2 aromatic heterocycles. The maximum atomic E-state index is 6.22. The second kappa shape index (κ2) is 5.71. The van der Waals surface area contributed by atoms with Gasteiger partial charge in [-0.3, -0.25) is 0 Å². The Bertz CT molecular complexity index is 437. The van der Waals surface area contributed by atoms with Crippen molar-refractivity contribution >= 4 is 22.9 Å². The van der Waals surface area contributed by atoms with Crippen LogP contribution in [0.15, 0.2) is 28.2 Å². The van der Waals surface area contributed by atoms with E-state index in [2.05, 4.69) is 12.2 Å². The Balaban J connectivity index is 2.32. The smallest absolute Gasteiger partial charge is 0.105 e. The predicted molar refractivity (Wildman–Crippen MR) is 72.9 cm³/mol. The fraction of sp³-hybridized carbons (Fsp3) is 0.385. The summed E-state index contributed by atoms with van der Waals surface area (Å²) in [4.78, 5) is 1.16. The first kappa shape index (κ1) is 12.7. The molecule has 2 heterocycles. The van der Waals surface area contributed by atoms with Crippen LogP contribution < -0.4 is 5.32 Å². The summed E-state index contributed by atoms with van der Waals surface area (Å²) in [6.07, 6.45) is 2.82. The van der Waals surface area contributed by atoms with Crippen LogP contribution in [0, 0.1) is 6.92 Å². The number of thiophene rings is 1. The average Bonchev–Trinajstić information content (AvgIpc) is 2.90. The zero-order chi connectivity index (χ0) is 12.3. The van der Waals surface area contributed by atoms with E-state index < -0.39 is 0 Å². The first-order chi connectivity index (χ1) is 8.24. The molecule has 0 aliphatic heterocycles. The van der Waals surface area contributed by atoms with Crippen molar-refractivity contribution in [3.05, 3.63) is 45.0 Å². The minimum Gasteiger partial charge on any atom is -0.469 e. The fourth-order valence-corrected chi connectivity index (χ4v) is 3.10. The van der Waals surface area contributed by atoms with Gasteiger partial charge in [0.05, 0.1) is 17.3 Å². The summed E-state index contributed by atoms with van der Waals surface area (Å²) in [6, 6.07) is 4.09. The topological polar surface area (TPSA) is 25.2 Å². The SMILES string of the molecule is CCCNC(c1ccoc1C)c1sccc1Cl. The van der Waals surface area contributed by atoms with E-state index in [9.17, 15) is 0 Å². The van der Waals surface area contributed by atoms with E-state index in [4.69, 9.17) is 16.0 Å². The Labute approximate surface area is 111 Å². The summed E-state index contributed by atoms with van der Waals surface area (Å²) in [6.45, 7) is 5.10. The number of halogens is 1. The lowest BCUT2D eigenvalue weighted by atomic mass is 10.1. The molecule has 0 radical (unpaired) electrons. The van der Waals surface area contributed by atoms with E-state index in [0.717, 1.165) is 28.6 Å². The highest BCUT2D eigenvalue weighted by atomic mass is 35.5. The zero-order valence-corrected chi connectivity index (χ0v) is 11.6. The van der Waals surface area contributed by atoms with Crippen LogP contribution in [0.3, 0.4) is 0 Å². The quantitative estimate of drug-likeness (QED) is 0.871. The molecule has 0 aromatic carbocycles.